The van der Waals surface area contributed by atoms with Crippen LogP contribution in [-0.4, -0.2) is 46.4 Å². The van der Waals surface area contributed by atoms with Gasteiger partial charge in [0.2, 0.25) is 11.9 Å². The number of carbonyl (C=O) groups excluding carboxylic acids is 1. The van der Waals surface area contributed by atoms with E-state index in [1.807, 2.05) is 6.07 Å². The van der Waals surface area contributed by atoms with Crippen molar-refractivity contribution in [3.8, 4) is 0 Å². The Balaban J connectivity index is 1.32. The summed E-state index contributed by atoms with van der Waals surface area (Å²) in [5.74, 6) is 0.266. The molecule has 2 aliphatic carbocycles. The van der Waals surface area contributed by atoms with Gasteiger partial charge in [-0.05, 0) is 55.2 Å². The van der Waals surface area contributed by atoms with E-state index in [2.05, 4.69) is 38.1 Å². The number of aromatic nitrogens is 4. The van der Waals surface area contributed by atoms with Crippen molar-refractivity contribution in [2.45, 2.75) is 44.1 Å². The van der Waals surface area contributed by atoms with Crippen molar-refractivity contribution in [1.82, 2.24) is 19.5 Å². The van der Waals surface area contributed by atoms with E-state index in [4.69, 9.17) is 13.6 Å². The van der Waals surface area contributed by atoms with Crippen molar-refractivity contribution >= 4 is 36.6 Å². The van der Waals surface area contributed by atoms with E-state index >= 15 is 0 Å². The molecule has 2 N–H and O–H groups in total. The first-order chi connectivity index (χ1) is 14.5. The SMILES string of the molecule is [B]c1cnc2c(n1)nc(N1CCC3(CC1)Cc1c#cccc1C31CC1)n2CC(N)=O. The summed E-state index contributed by atoms with van der Waals surface area (Å²) in [7, 11) is 5.79. The summed E-state index contributed by atoms with van der Waals surface area (Å²) in [6, 6.07) is 10.8. The topological polar surface area (TPSA) is 89.9 Å². The summed E-state index contributed by atoms with van der Waals surface area (Å²) < 4.78 is 1.77. The van der Waals surface area contributed by atoms with Crippen LogP contribution in [0.5, 0.6) is 0 Å². The molecule has 2 fully saturated rings. The monoisotopic (exact) mass is 396 g/mol. The smallest absolute Gasteiger partial charge is 0.237 e. The molecule has 3 aromatic rings. The molecular formula is C22H21BN6O. The highest BCUT2D eigenvalue weighted by atomic mass is 16.1. The number of anilines is 1. The van der Waals surface area contributed by atoms with Crippen LogP contribution in [0.1, 0.15) is 36.8 Å². The molecule has 8 heteroatoms. The first-order valence-corrected chi connectivity index (χ1v) is 10.5. The van der Waals surface area contributed by atoms with Gasteiger partial charge in [-0.25, -0.2) is 9.97 Å². The molecule has 0 unspecified atom stereocenters. The highest BCUT2D eigenvalue weighted by molar-refractivity contribution is 6.30. The molecule has 148 valence electrons. The second-order valence-corrected chi connectivity index (χ2v) is 8.93. The van der Waals surface area contributed by atoms with Crippen LogP contribution in [-0.2, 0) is 23.2 Å². The lowest BCUT2D eigenvalue weighted by molar-refractivity contribution is -0.118. The molecule has 3 heterocycles. The molecule has 1 saturated carbocycles. The third-order valence-electron chi connectivity index (χ3n) is 7.45. The van der Waals surface area contributed by atoms with Crippen LogP contribution in [0.2, 0.25) is 0 Å². The molecule has 1 aliphatic heterocycles. The minimum Gasteiger partial charge on any atom is -0.368 e. The number of primary amides is 1. The molecule has 1 aromatic carbocycles. The Bertz CT molecular complexity index is 1180. The number of nitrogens with zero attached hydrogens (tertiary/aromatic N) is 5. The quantitative estimate of drug-likeness (QED) is 0.655. The summed E-state index contributed by atoms with van der Waals surface area (Å²) in [5, 5.41) is 0. The average Bonchev–Trinajstić information content (AvgIpc) is 3.41. The van der Waals surface area contributed by atoms with Crippen molar-refractivity contribution in [2.75, 3.05) is 18.0 Å². The fraction of sp³-hybridized carbons (Fsp3) is 0.455. The third kappa shape index (κ3) is 2.35. The fourth-order valence-corrected chi connectivity index (χ4v) is 5.96. The first-order valence-electron chi connectivity index (χ1n) is 10.5. The van der Waals surface area contributed by atoms with Gasteiger partial charge in [0.25, 0.3) is 0 Å². The maximum atomic E-state index is 11.7. The minimum absolute atomic E-state index is 0.0201. The van der Waals surface area contributed by atoms with Gasteiger partial charge in [-0.3, -0.25) is 9.36 Å². The molecule has 6 rings (SSSR count). The Kier molecular flexibility index (Phi) is 3.54. The van der Waals surface area contributed by atoms with E-state index in [1.165, 1.54) is 30.2 Å². The Labute approximate surface area is 176 Å². The van der Waals surface area contributed by atoms with Gasteiger partial charge in [0.05, 0.1) is 0 Å². The largest absolute Gasteiger partial charge is 0.368 e. The van der Waals surface area contributed by atoms with E-state index in [0.717, 1.165) is 32.4 Å². The molecule has 2 radical (unpaired) electrons. The fourth-order valence-electron chi connectivity index (χ4n) is 5.96. The van der Waals surface area contributed by atoms with Crippen molar-refractivity contribution in [3.63, 3.8) is 0 Å². The minimum atomic E-state index is -0.433. The number of fused-ring (bicyclic) bond motifs is 4. The molecule has 3 aliphatic rings. The van der Waals surface area contributed by atoms with Crippen LogP contribution in [0.4, 0.5) is 5.95 Å². The number of nitrogens with two attached hydrogens (primary N) is 1. The van der Waals surface area contributed by atoms with Gasteiger partial charge < -0.3 is 10.6 Å². The van der Waals surface area contributed by atoms with E-state index < -0.39 is 5.91 Å². The number of rotatable bonds is 3. The van der Waals surface area contributed by atoms with E-state index in [-0.39, 0.29) is 6.54 Å². The van der Waals surface area contributed by atoms with Gasteiger partial charge in [0.15, 0.2) is 11.3 Å². The Morgan fingerprint density at radius 1 is 1.23 bits per heavy atom. The Morgan fingerprint density at radius 3 is 2.77 bits per heavy atom. The van der Waals surface area contributed by atoms with Gasteiger partial charge in [-0.15, -0.1) is 0 Å². The van der Waals surface area contributed by atoms with Crippen LogP contribution >= 0.6 is 0 Å². The second kappa shape index (κ2) is 5.97. The van der Waals surface area contributed by atoms with E-state index in [0.29, 0.717) is 33.7 Å². The molecule has 7 nitrogen and oxygen atoms in total. The summed E-state index contributed by atoms with van der Waals surface area (Å²) >= 11 is 0. The molecular weight excluding hydrogens is 375 g/mol. The zero-order valence-electron chi connectivity index (χ0n) is 16.7. The summed E-state index contributed by atoms with van der Waals surface area (Å²) in [6.07, 6.45) is 7.27. The van der Waals surface area contributed by atoms with Crippen LogP contribution in [0, 0.1) is 17.5 Å². The zero-order chi connectivity index (χ0) is 20.5. The molecule has 2 aromatic heterocycles. The molecule has 1 amide bonds. The highest BCUT2D eigenvalue weighted by Crippen LogP contribution is 2.69. The number of hydrogen-bond acceptors (Lipinski definition) is 5. The normalized spacial score (nSPS) is 20.5. The second-order valence-electron chi connectivity index (χ2n) is 8.93. The average molecular weight is 396 g/mol. The predicted molar refractivity (Wildman–Crippen MR) is 113 cm³/mol. The first kappa shape index (κ1) is 17.8. The molecule has 30 heavy (non-hydrogen) atoms. The number of piperidine rings is 1. The molecule has 2 spiro atoms. The number of imidazole rings is 1. The van der Waals surface area contributed by atoms with Crippen molar-refractivity contribution in [2.24, 2.45) is 11.1 Å². The zero-order valence-corrected chi connectivity index (χ0v) is 16.7. The van der Waals surface area contributed by atoms with Crippen LogP contribution < -0.4 is 16.2 Å². The third-order valence-corrected chi connectivity index (χ3v) is 7.45. The lowest BCUT2D eigenvalue weighted by Gasteiger charge is -2.44. The van der Waals surface area contributed by atoms with Gasteiger partial charge >= 0.3 is 0 Å². The van der Waals surface area contributed by atoms with Gasteiger partial charge in [0.1, 0.15) is 14.4 Å². The maximum Gasteiger partial charge on any atom is 0.237 e. The van der Waals surface area contributed by atoms with Gasteiger partial charge in [-0.2, -0.15) is 4.98 Å². The predicted octanol–water partition coefficient (Wildman–Crippen LogP) is 0.580. The molecule has 1 saturated heterocycles. The standard InChI is InChI=1S/C22H21BN6O/c23-16-12-25-19-18(26-16)27-20(29(19)13-17(24)30)28-9-7-21(8-10-28)11-14-3-1-2-4-15(14)22(21)5-6-22/h2,4,12H,5-11,13H2,(H2,24,30). The van der Waals surface area contributed by atoms with Crippen molar-refractivity contribution in [3.05, 3.63) is 41.6 Å². The van der Waals surface area contributed by atoms with Gasteiger partial charge in [-0.1, -0.05) is 12.1 Å². The number of carbonyl (C=O) groups is 1. The number of hydrogen-bond donors (Lipinski definition) is 1. The summed E-state index contributed by atoms with van der Waals surface area (Å²) in [4.78, 5) is 27.3. The lowest BCUT2D eigenvalue weighted by atomic mass is 9.67. The Hall–Kier alpha value is -3.08. The van der Waals surface area contributed by atoms with E-state index in [1.54, 1.807) is 4.57 Å². The van der Waals surface area contributed by atoms with Crippen LogP contribution in [0.15, 0.2) is 18.3 Å². The summed E-state index contributed by atoms with van der Waals surface area (Å²) in [6.45, 7) is 1.76. The molecule has 0 atom stereocenters. The maximum absolute atomic E-state index is 11.7. The van der Waals surface area contributed by atoms with Crippen LogP contribution in [0.3, 0.4) is 0 Å². The summed E-state index contributed by atoms with van der Waals surface area (Å²) in [5.41, 5.74) is 10.3. The lowest BCUT2D eigenvalue weighted by Crippen LogP contribution is -2.46. The highest BCUT2D eigenvalue weighted by Gasteiger charge is 2.64. The van der Waals surface area contributed by atoms with Crippen molar-refractivity contribution in [1.29, 1.82) is 0 Å². The Morgan fingerprint density at radius 2 is 2.03 bits per heavy atom. The van der Waals surface area contributed by atoms with Crippen LogP contribution in [0.25, 0.3) is 11.3 Å². The van der Waals surface area contributed by atoms with E-state index in [9.17, 15) is 4.79 Å². The molecule has 0 bridgehead atoms. The van der Waals surface area contributed by atoms with Gasteiger partial charge in [0, 0.05) is 35.9 Å². The van der Waals surface area contributed by atoms with Crippen molar-refractivity contribution < 1.29 is 4.79 Å². The number of amides is 1.